The minimum Gasteiger partial charge on any atom is -0.294 e. The Bertz CT molecular complexity index is 726. The Balaban J connectivity index is 2.09. The zero-order valence-corrected chi connectivity index (χ0v) is 12.7. The maximum Gasteiger partial charge on any atom is 0.261 e. The molecule has 0 spiro atoms. The summed E-state index contributed by atoms with van der Waals surface area (Å²) < 4.78 is 14.2. The average molecular weight is 322 g/mol. The van der Waals surface area contributed by atoms with Crippen molar-refractivity contribution in [1.29, 1.82) is 0 Å². The summed E-state index contributed by atoms with van der Waals surface area (Å²) in [4.78, 5) is 37.2. The Morgan fingerprint density at radius 1 is 1.14 bits per heavy atom. The highest BCUT2D eigenvalue weighted by Gasteiger charge is 2.41. The molecule has 0 fully saturated rings. The molecule has 0 radical (unpaired) electrons. The molecule has 1 aromatic rings. The fourth-order valence-corrected chi connectivity index (χ4v) is 3.22. The summed E-state index contributed by atoms with van der Waals surface area (Å²) in [5.74, 6) is -2.13. The van der Waals surface area contributed by atoms with Gasteiger partial charge in [0.05, 0.1) is 10.7 Å². The van der Waals surface area contributed by atoms with E-state index in [-0.39, 0.29) is 22.1 Å². The summed E-state index contributed by atoms with van der Waals surface area (Å²) in [6.07, 6.45) is 2.75. The van der Waals surface area contributed by atoms with E-state index >= 15 is 0 Å². The molecule has 0 saturated heterocycles. The number of hydrogen-bond donors (Lipinski definition) is 0. The summed E-state index contributed by atoms with van der Waals surface area (Å²) in [6.45, 7) is 1.29. The lowest BCUT2D eigenvalue weighted by molar-refractivity contribution is -0.120. The number of halogens is 2. The number of anilines is 1. The van der Waals surface area contributed by atoms with Gasteiger partial charge in [0, 0.05) is 16.7 Å². The Kier molecular flexibility index (Phi) is 3.60. The highest BCUT2D eigenvalue weighted by molar-refractivity contribution is 6.35. The van der Waals surface area contributed by atoms with Crippen molar-refractivity contribution >= 4 is 34.9 Å². The maximum absolute atomic E-state index is 14.2. The van der Waals surface area contributed by atoms with Crippen LogP contribution >= 0.6 is 11.6 Å². The van der Waals surface area contributed by atoms with Gasteiger partial charge in [-0.25, -0.2) is 9.29 Å². The number of carbonyl (C=O) groups excluding carboxylic acids is 3. The van der Waals surface area contributed by atoms with Crippen LogP contribution in [0.1, 0.15) is 43.0 Å². The molecule has 1 aliphatic heterocycles. The first kappa shape index (κ1) is 14.9. The predicted octanol–water partition coefficient (Wildman–Crippen LogP) is 3.43. The molecule has 2 amide bonds. The van der Waals surface area contributed by atoms with Crippen molar-refractivity contribution in [2.45, 2.75) is 32.6 Å². The number of benzene rings is 1. The van der Waals surface area contributed by atoms with Gasteiger partial charge in [0.2, 0.25) is 0 Å². The Morgan fingerprint density at radius 2 is 1.68 bits per heavy atom. The van der Waals surface area contributed by atoms with E-state index in [4.69, 9.17) is 11.6 Å². The lowest BCUT2D eigenvalue weighted by Crippen LogP contribution is -2.32. The van der Waals surface area contributed by atoms with Crippen LogP contribution in [0.25, 0.3) is 0 Å². The van der Waals surface area contributed by atoms with Crippen molar-refractivity contribution < 1.29 is 18.8 Å². The molecule has 4 nitrogen and oxygen atoms in total. The number of amides is 2. The molecular formula is C16H13ClFNO3. The highest BCUT2D eigenvalue weighted by Crippen LogP contribution is 2.37. The monoisotopic (exact) mass is 321 g/mol. The lowest BCUT2D eigenvalue weighted by Gasteiger charge is -2.17. The molecule has 1 aromatic carbocycles. The van der Waals surface area contributed by atoms with E-state index in [1.807, 2.05) is 0 Å². The molecule has 0 saturated carbocycles. The van der Waals surface area contributed by atoms with E-state index in [9.17, 15) is 18.8 Å². The van der Waals surface area contributed by atoms with Crippen LogP contribution in [0.4, 0.5) is 10.1 Å². The molecule has 1 heterocycles. The van der Waals surface area contributed by atoms with E-state index in [2.05, 4.69) is 0 Å². The summed E-state index contributed by atoms with van der Waals surface area (Å²) in [7, 11) is 0. The van der Waals surface area contributed by atoms with Gasteiger partial charge in [-0.3, -0.25) is 14.4 Å². The fraction of sp³-hybridized carbons (Fsp3) is 0.312. The molecule has 0 N–H and O–H groups in total. The van der Waals surface area contributed by atoms with Crippen LogP contribution in [0.2, 0.25) is 5.02 Å². The third-order valence-electron chi connectivity index (χ3n) is 4.05. The molecular weight excluding hydrogens is 309 g/mol. The van der Waals surface area contributed by atoms with Crippen LogP contribution in [0.3, 0.4) is 0 Å². The highest BCUT2D eigenvalue weighted by atomic mass is 35.5. The Hall–Kier alpha value is -2.01. The van der Waals surface area contributed by atoms with Gasteiger partial charge in [0.1, 0.15) is 5.82 Å². The van der Waals surface area contributed by atoms with Gasteiger partial charge in [-0.2, -0.15) is 0 Å². The third-order valence-corrected chi connectivity index (χ3v) is 4.36. The van der Waals surface area contributed by atoms with E-state index in [0.717, 1.165) is 23.8 Å². The minimum atomic E-state index is -0.795. The lowest BCUT2D eigenvalue weighted by atomic mass is 9.93. The van der Waals surface area contributed by atoms with Gasteiger partial charge in [0.15, 0.2) is 5.78 Å². The summed E-state index contributed by atoms with van der Waals surface area (Å²) in [5, 5.41) is -0.0365. The van der Waals surface area contributed by atoms with E-state index in [1.165, 1.54) is 13.0 Å². The maximum atomic E-state index is 14.2. The van der Waals surface area contributed by atoms with Crippen molar-refractivity contribution in [2.24, 2.45) is 0 Å². The summed E-state index contributed by atoms with van der Waals surface area (Å²) >= 11 is 5.84. The molecule has 6 heteroatoms. The normalized spacial score (nSPS) is 18.0. The van der Waals surface area contributed by atoms with Gasteiger partial charge in [-0.15, -0.1) is 0 Å². The quantitative estimate of drug-likeness (QED) is 0.619. The van der Waals surface area contributed by atoms with Crippen LogP contribution in [-0.4, -0.2) is 17.6 Å². The number of rotatable bonds is 2. The number of nitrogens with zero attached hydrogens (tertiary/aromatic N) is 1. The standard InChI is InChI=1S/C16H13ClFNO3/c1-8(20)11-6-14(13(18)7-12(11)17)19-15(21)9-4-2-3-5-10(9)16(19)22/h6-7H,2-5H2,1H3. The van der Waals surface area contributed by atoms with Crippen LogP contribution in [0, 0.1) is 5.82 Å². The second kappa shape index (κ2) is 5.32. The summed E-state index contributed by atoms with van der Waals surface area (Å²) in [6, 6.07) is 2.14. The number of imide groups is 1. The molecule has 0 aromatic heterocycles. The molecule has 0 bridgehead atoms. The van der Waals surface area contributed by atoms with E-state index < -0.39 is 17.6 Å². The number of ketones is 1. The molecule has 114 valence electrons. The third kappa shape index (κ3) is 2.16. The van der Waals surface area contributed by atoms with Crippen LogP contribution in [0.5, 0.6) is 0 Å². The summed E-state index contributed by atoms with van der Waals surface area (Å²) in [5.41, 5.74) is 0.812. The van der Waals surface area contributed by atoms with Crippen molar-refractivity contribution in [1.82, 2.24) is 0 Å². The molecule has 22 heavy (non-hydrogen) atoms. The topological polar surface area (TPSA) is 54.5 Å². The first-order valence-electron chi connectivity index (χ1n) is 7.02. The Morgan fingerprint density at radius 3 is 2.18 bits per heavy atom. The molecule has 0 atom stereocenters. The van der Waals surface area contributed by atoms with Gasteiger partial charge in [-0.05, 0) is 44.7 Å². The van der Waals surface area contributed by atoms with Crippen LogP contribution < -0.4 is 4.90 Å². The number of carbonyl (C=O) groups is 3. The number of Topliss-reactive ketones (excluding diaryl/α,β-unsaturated/α-hetero) is 1. The smallest absolute Gasteiger partial charge is 0.261 e. The van der Waals surface area contributed by atoms with Crippen molar-refractivity contribution in [3.63, 3.8) is 0 Å². The Labute approximate surface area is 131 Å². The molecule has 1 aliphatic carbocycles. The van der Waals surface area contributed by atoms with Crippen molar-refractivity contribution in [3.8, 4) is 0 Å². The second-order valence-corrected chi connectivity index (χ2v) is 5.86. The van der Waals surface area contributed by atoms with Crippen molar-refractivity contribution in [3.05, 3.63) is 39.7 Å². The zero-order valence-electron chi connectivity index (χ0n) is 11.9. The predicted molar refractivity (Wildman–Crippen MR) is 79.4 cm³/mol. The number of hydrogen-bond acceptors (Lipinski definition) is 3. The largest absolute Gasteiger partial charge is 0.294 e. The first-order valence-corrected chi connectivity index (χ1v) is 7.40. The van der Waals surface area contributed by atoms with E-state index in [0.29, 0.717) is 24.0 Å². The molecule has 3 rings (SSSR count). The van der Waals surface area contributed by atoms with Gasteiger partial charge in [-0.1, -0.05) is 11.6 Å². The van der Waals surface area contributed by atoms with Gasteiger partial charge in [0.25, 0.3) is 11.8 Å². The van der Waals surface area contributed by atoms with Crippen LogP contribution in [-0.2, 0) is 9.59 Å². The fourth-order valence-electron chi connectivity index (χ4n) is 2.94. The first-order chi connectivity index (χ1) is 10.4. The second-order valence-electron chi connectivity index (χ2n) is 5.45. The average Bonchev–Trinajstić information content (AvgIpc) is 2.72. The minimum absolute atomic E-state index is 0.0365. The SMILES string of the molecule is CC(=O)c1cc(N2C(=O)C3=C(CCCC3)C2=O)c(F)cc1Cl. The van der Waals surface area contributed by atoms with Crippen molar-refractivity contribution in [2.75, 3.05) is 4.90 Å². The zero-order chi connectivity index (χ0) is 16.0. The molecule has 2 aliphatic rings. The van der Waals surface area contributed by atoms with Gasteiger partial charge >= 0.3 is 0 Å². The van der Waals surface area contributed by atoms with E-state index in [1.54, 1.807) is 0 Å². The van der Waals surface area contributed by atoms with Crippen LogP contribution in [0.15, 0.2) is 23.3 Å². The molecule has 0 unspecified atom stereocenters. The van der Waals surface area contributed by atoms with Gasteiger partial charge < -0.3 is 0 Å².